The molecule has 72 valence electrons. The van der Waals surface area contributed by atoms with Crippen LogP contribution < -0.4 is 5.73 Å². The van der Waals surface area contributed by atoms with Gasteiger partial charge in [-0.2, -0.15) is 0 Å². The standard InChI is InChI=1S/C9H14N2OS/c1-2-3-8(12)9-11-7(4-5-10)6-13-9/h6H,2-5,10H2,1H3. The fourth-order valence-corrected chi connectivity index (χ4v) is 1.85. The molecule has 0 aliphatic rings. The number of carbonyl (C=O) groups is 1. The maximum absolute atomic E-state index is 11.4. The first-order valence-electron chi connectivity index (χ1n) is 4.45. The third-order valence-electron chi connectivity index (χ3n) is 1.67. The van der Waals surface area contributed by atoms with Gasteiger partial charge in [-0.15, -0.1) is 11.3 Å². The quantitative estimate of drug-likeness (QED) is 0.731. The molecule has 0 amide bonds. The Balaban J connectivity index is 2.62. The van der Waals surface area contributed by atoms with E-state index in [2.05, 4.69) is 4.98 Å². The van der Waals surface area contributed by atoms with Gasteiger partial charge in [0.1, 0.15) is 0 Å². The van der Waals surface area contributed by atoms with Gasteiger partial charge in [-0.25, -0.2) is 4.98 Å². The van der Waals surface area contributed by atoms with E-state index in [0.717, 1.165) is 18.5 Å². The third-order valence-corrected chi connectivity index (χ3v) is 2.60. The molecule has 0 spiro atoms. The Hall–Kier alpha value is -0.740. The van der Waals surface area contributed by atoms with Gasteiger partial charge in [0, 0.05) is 18.2 Å². The molecule has 0 radical (unpaired) electrons. The summed E-state index contributed by atoms with van der Waals surface area (Å²) in [5.74, 6) is 0.149. The van der Waals surface area contributed by atoms with Crippen molar-refractivity contribution in [3.63, 3.8) is 0 Å². The number of Topliss-reactive ketones (excluding diaryl/α,β-unsaturated/α-hetero) is 1. The molecule has 0 atom stereocenters. The first-order valence-corrected chi connectivity index (χ1v) is 5.33. The fourth-order valence-electron chi connectivity index (χ4n) is 1.03. The summed E-state index contributed by atoms with van der Waals surface area (Å²) in [5, 5.41) is 2.54. The Labute approximate surface area is 82.0 Å². The summed E-state index contributed by atoms with van der Waals surface area (Å²) in [6, 6.07) is 0. The molecule has 1 aromatic rings. The van der Waals surface area contributed by atoms with E-state index < -0.39 is 0 Å². The lowest BCUT2D eigenvalue weighted by Crippen LogP contribution is -2.04. The van der Waals surface area contributed by atoms with Crippen molar-refractivity contribution >= 4 is 17.1 Å². The van der Waals surface area contributed by atoms with Crippen LogP contribution in [0.1, 0.15) is 35.3 Å². The van der Waals surface area contributed by atoms with E-state index in [1.54, 1.807) is 0 Å². The minimum atomic E-state index is 0.149. The van der Waals surface area contributed by atoms with Crippen LogP contribution in [0, 0.1) is 0 Å². The van der Waals surface area contributed by atoms with Gasteiger partial charge >= 0.3 is 0 Å². The van der Waals surface area contributed by atoms with E-state index in [4.69, 9.17) is 5.73 Å². The van der Waals surface area contributed by atoms with Crippen molar-refractivity contribution in [1.82, 2.24) is 4.98 Å². The van der Waals surface area contributed by atoms with Gasteiger partial charge in [0.25, 0.3) is 0 Å². The summed E-state index contributed by atoms with van der Waals surface area (Å²) in [5.41, 5.74) is 6.32. The van der Waals surface area contributed by atoms with Crippen molar-refractivity contribution in [2.75, 3.05) is 6.54 Å². The Bertz CT molecular complexity index is 283. The number of thiazole rings is 1. The van der Waals surface area contributed by atoms with Crippen molar-refractivity contribution in [2.45, 2.75) is 26.2 Å². The van der Waals surface area contributed by atoms with Gasteiger partial charge in [-0.05, 0) is 13.0 Å². The monoisotopic (exact) mass is 198 g/mol. The number of hydrogen-bond donors (Lipinski definition) is 1. The highest BCUT2D eigenvalue weighted by Gasteiger charge is 2.09. The van der Waals surface area contributed by atoms with Gasteiger partial charge in [-0.3, -0.25) is 4.79 Å². The summed E-state index contributed by atoms with van der Waals surface area (Å²) in [7, 11) is 0. The number of hydrogen-bond acceptors (Lipinski definition) is 4. The zero-order valence-electron chi connectivity index (χ0n) is 7.75. The predicted molar refractivity (Wildman–Crippen MR) is 54.1 cm³/mol. The molecule has 0 aliphatic carbocycles. The molecule has 0 unspecified atom stereocenters. The van der Waals surface area contributed by atoms with Gasteiger partial charge in [0.2, 0.25) is 0 Å². The van der Waals surface area contributed by atoms with Crippen LogP contribution in [0.3, 0.4) is 0 Å². The zero-order valence-corrected chi connectivity index (χ0v) is 8.56. The Morgan fingerprint density at radius 1 is 1.69 bits per heavy atom. The van der Waals surface area contributed by atoms with Gasteiger partial charge < -0.3 is 5.73 Å². The minimum Gasteiger partial charge on any atom is -0.330 e. The highest BCUT2D eigenvalue weighted by molar-refractivity contribution is 7.11. The first kappa shape index (κ1) is 10.3. The summed E-state index contributed by atoms with van der Waals surface area (Å²) < 4.78 is 0. The number of rotatable bonds is 5. The number of aromatic nitrogens is 1. The SMILES string of the molecule is CCCC(=O)c1nc(CCN)cs1. The molecular formula is C9H14N2OS. The zero-order chi connectivity index (χ0) is 9.68. The molecule has 0 saturated carbocycles. The normalized spacial score (nSPS) is 10.3. The molecule has 1 rings (SSSR count). The Morgan fingerprint density at radius 2 is 2.46 bits per heavy atom. The largest absolute Gasteiger partial charge is 0.330 e. The number of ketones is 1. The lowest BCUT2D eigenvalue weighted by Gasteiger charge is -1.91. The highest BCUT2D eigenvalue weighted by Crippen LogP contribution is 2.12. The van der Waals surface area contributed by atoms with E-state index in [1.807, 2.05) is 12.3 Å². The molecule has 13 heavy (non-hydrogen) atoms. The second-order valence-electron chi connectivity index (χ2n) is 2.86. The smallest absolute Gasteiger partial charge is 0.191 e. The van der Waals surface area contributed by atoms with Gasteiger partial charge in [0.05, 0.1) is 5.69 Å². The molecule has 0 bridgehead atoms. The molecule has 0 saturated heterocycles. The van der Waals surface area contributed by atoms with E-state index in [0.29, 0.717) is 18.0 Å². The molecule has 0 aliphatic heterocycles. The van der Waals surface area contributed by atoms with Crippen LogP contribution in [-0.2, 0) is 6.42 Å². The van der Waals surface area contributed by atoms with E-state index in [-0.39, 0.29) is 5.78 Å². The van der Waals surface area contributed by atoms with Crippen molar-refractivity contribution in [1.29, 1.82) is 0 Å². The molecule has 1 heterocycles. The lowest BCUT2D eigenvalue weighted by atomic mass is 10.2. The van der Waals surface area contributed by atoms with Crippen LogP contribution in [-0.4, -0.2) is 17.3 Å². The van der Waals surface area contributed by atoms with Gasteiger partial charge in [0.15, 0.2) is 10.8 Å². The summed E-state index contributed by atoms with van der Waals surface area (Å²) in [4.78, 5) is 15.6. The molecule has 1 aromatic heterocycles. The highest BCUT2D eigenvalue weighted by atomic mass is 32.1. The second-order valence-corrected chi connectivity index (χ2v) is 3.71. The maximum Gasteiger partial charge on any atom is 0.191 e. The summed E-state index contributed by atoms with van der Waals surface area (Å²) in [6.45, 7) is 2.58. The van der Waals surface area contributed by atoms with E-state index in [1.165, 1.54) is 11.3 Å². The number of nitrogens with two attached hydrogens (primary N) is 1. The third kappa shape index (κ3) is 2.90. The molecular weight excluding hydrogens is 184 g/mol. The predicted octanol–water partition coefficient (Wildman–Crippen LogP) is 1.63. The Morgan fingerprint density at radius 3 is 3.08 bits per heavy atom. The van der Waals surface area contributed by atoms with Crippen molar-refractivity contribution in [2.24, 2.45) is 5.73 Å². The summed E-state index contributed by atoms with van der Waals surface area (Å²) in [6.07, 6.45) is 2.23. The van der Waals surface area contributed by atoms with Crippen molar-refractivity contribution < 1.29 is 4.79 Å². The van der Waals surface area contributed by atoms with Crippen molar-refractivity contribution in [3.05, 3.63) is 16.1 Å². The average Bonchev–Trinajstić information content (AvgIpc) is 2.54. The molecule has 4 heteroatoms. The van der Waals surface area contributed by atoms with Crippen LogP contribution in [0.25, 0.3) is 0 Å². The molecule has 0 fully saturated rings. The van der Waals surface area contributed by atoms with E-state index >= 15 is 0 Å². The molecule has 2 N–H and O–H groups in total. The fraction of sp³-hybridized carbons (Fsp3) is 0.556. The number of nitrogens with zero attached hydrogens (tertiary/aromatic N) is 1. The maximum atomic E-state index is 11.4. The van der Waals surface area contributed by atoms with Crippen LogP contribution in [0.5, 0.6) is 0 Å². The van der Waals surface area contributed by atoms with Crippen molar-refractivity contribution in [3.8, 4) is 0 Å². The van der Waals surface area contributed by atoms with Crippen LogP contribution in [0.4, 0.5) is 0 Å². The van der Waals surface area contributed by atoms with Crippen LogP contribution >= 0.6 is 11.3 Å². The number of carbonyl (C=O) groups excluding carboxylic acids is 1. The first-order chi connectivity index (χ1) is 6.27. The van der Waals surface area contributed by atoms with Crippen LogP contribution in [0.15, 0.2) is 5.38 Å². The minimum absolute atomic E-state index is 0.149. The van der Waals surface area contributed by atoms with Crippen LogP contribution in [0.2, 0.25) is 0 Å². The lowest BCUT2D eigenvalue weighted by molar-refractivity contribution is 0.0981. The molecule has 0 aromatic carbocycles. The topological polar surface area (TPSA) is 56.0 Å². The van der Waals surface area contributed by atoms with E-state index in [9.17, 15) is 4.79 Å². The Kier molecular flexibility index (Phi) is 4.05. The summed E-state index contributed by atoms with van der Waals surface area (Å²) >= 11 is 1.42. The molecule has 3 nitrogen and oxygen atoms in total. The van der Waals surface area contributed by atoms with Gasteiger partial charge in [-0.1, -0.05) is 6.92 Å². The second kappa shape index (κ2) is 5.09. The average molecular weight is 198 g/mol.